The average molecular weight is 322 g/mol. The Morgan fingerprint density at radius 2 is 1.70 bits per heavy atom. The van der Waals surface area contributed by atoms with Gasteiger partial charge in [0.2, 0.25) is 0 Å². The first-order chi connectivity index (χ1) is 11.1. The van der Waals surface area contributed by atoms with Gasteiger partial charge in [-0.15, -0.1) is 11.3 Å². The van der Waals surface area contributed by atoms with Crippen molar-refractivity contribution < 1.29 is 0 Å². The second kappa shape index (κ2) is 6.55. The number of aryl methyl sites for hydroxylation is 2. The molecule has 0 aliphatic heterocycles. The Labute approximate surface area is 141 Å². The highest BCUT2D eigenvalue weighted by molar-refractivity contribution is 7.07. The van der Waals surface area contributed by atoms with E-state index in [1.165, 1.54) is 22.4 Å². The molecule has 1 aromatic heterocycles. The molecule has 0 aliphatic carbocycles. The molecular weight excluding hydrogens is 300 g/mol. The number of hydrogen-bond acceptors (Lipinski definition) is 2. The van der Waals surface area contributed by atoms with Gasteiger partial charge in [0, 0.05) is 11.1 Å². The topological polar surface area (TPSA) is 17.3 Å². The average Bonchev–Trinajstić information content (AvgIpc) is 2.92. The molecule has 1 unspecified atom stereocenters. The van der Waals surface area contributed by atoms with Crippen LogP contribution in [0, 0.1) is 20.8 Å². The van der Waals surface area contributed by atoms with Crippen molar-refractivity contribution in [3.8, 4) is 0 Å². The minimum atomic E-state index is 0.270. The summed E-state index contributed by atoms with van der Waals surface area (Å²) in [5.41, 5.74) is 6.13. The predicted octanol–water partition coefficient (Wildman–Crippen LogP) is 5.32. The van der Waals surface area contributed by atoms with Gasteiger partial charge in [-0.3, -0.25) is 0 Å². The highest BCUT2D eigenvalue weighted by Crippen LogP contribution is 2.23. The van der Waals surface area contributed by atoms with Crippen LogP contribution in [0.15, 0.2) is 58.9 Å². The maximum absolute atomic E-state index is 4.95. The van der Waals surface area contributed by atoms with E-state index < -0.39 is 0 Å². The summed E-state index contributed by atoms with van der Waals surface area (Å²) in [4.78, 5) is 6.00. The molecule has 0 saturated carbocycles. The van der Waals surface area contributed by atoms with Gasteiger partial charge in [0.05, 0.1) is 11.7 Å². The molecule has 0 bridgehead atoms. The third-order valence-corrected chi connectivity index (χ3v) is 5.34. The predicted molar refractivity (Wildman–Crippen MR) is 98.4 cm³/mol. The summed E-state index contributed by atoms with van der Waals surface area (Å²) in [6.07, 6.45) is 0. The van der Waals surface area contributed by atoms with Gasteiger partial charge >= 0.3 is 0 Å². The Morgan fingerprint density at radius 3 is 2.43 bits per heavy atom. The number of hydrogen-bond donors (Lipinski definition) is 0. The summed E-state index contributed by atoms with van der Waals surface area (Å²) >= 11 is 1.70. The van der Waals surface area contributed by atoms with Crippen molar-refractivity contribution in [3.05, 3.63) is 81.1 Å². The van der Waals surface area contributed by atoms with Gasteiger partial charge in [-0.25, -0.2) is 4.99 Å². The van der Waals surface area contributed by atoms with Gasteiger partial charge < -0.3 is 4.57 Å². The number of benzene rings is 2. The Balaban J connectivity index is 2.12. The Bertz CT molecular complexity index is 872. The van der Waals surface area contributed by atoms with E-state index in [2.05, 4.69) is 86.2 Å². The van der Waals surface area contributed by atoms with E-state index in [9.17, 15) is 0 Å². The normalized spacial score (nSPS) is 13.3. The lowest BCUT2D eigenvalue weighted by Crippen LogP contribution is -2.21. The fraction of sp³-hybridized carbons (Fsp3) is 0.250. The van der Waals surface area contributed by atoms with E-state index in [0.717, 1.165) is 10.5 Å². The highest BCUT2D eigenvalue weighted by Gasteiger charge is 2.12. The molecule has 1 atom stereocenters. The second-order valence-electron chi connectivity index (χ2n) is 5.95. The third kappa shape index (κ3) is 3.15. The van der Waals surface area contributed by atoms with Crippen molar-refractivity contribution in [1.82, 2.24) is 4.57 Å². The molecule has 2 nitrogen and oxygen atoms in total. The Morgan fingerprint density at radius 1 is 0.957 bits per heavy atom. The SMILES string of the molecule is Cc1cccc(N=c2scc(C)n2C(C)c2ccccc2)c1C. The molecule has 0 amide bonds. The van der Waals surface area contributed by atoms with Gasteiger partial charge in [-0.05, 0) is 50.5 Å². The van der Waals surface area contributed by atoms with Crippen LogP contribution in [0.2, 0.25) is 0 Å². The monoisotopic (exact) mass is 322 g/mol. The van der Waals surface area contributed by atoms with E-state index in [1.54, 1.807) is 11.3 Å². The minimum absolute atomic E-state index is 0.270. The molecule has 0 spiro atoms. The maximum atomic E-state index is 4.95. The standard InChI is InChI=1S/C20H22N2S/c1-14-9-8-12-19(16(14)3)21-20-22(15(2)13-23-20)17(4)18-10-6-5-7-11-18/h5-13,17H,1-4H3. The van der Waals surface area contributed by atoms with Crippen LogP contribution >= 0.6 is 11.3 Å². The number of thiazole rings is 1. The molecule has 0 N–H and O–H groups in total. The van der Waals surface area contributed by atoms with Crippen molar-refractivity contribution in [2.45, 2.75) is 33.7 Å². The molecule has 0 saturated heterocycles. The van der Waals surface area contributed by atoms with Crippen molar-refractivity contribution in [2.24, 2.45) is 4.99 Å². The van der Waals surface area contributed by atoms with Crippen LogP contribution in [0.5, 0.6) is 0 Å². The van der Waals surface area contributed by atoms with Gasteiger partial charge in [0.25, 0.3) is 0 Å². The van der Waals surface area contributed by atoms with E-state index in [1.807, 2.05) is 0 Å². The molecule has 1 heterocycles. The fourth-order valence-electron chi connectivity index (χ4n) is 2.79. The first-order valence-electron chi connectivity index (χ1n) is 7.90. The summed E-state index contributed by atoms with van der Waals surface area (Å²) in [5.74, 6) is 0. The van der Waals surface area contributed by atoms with Crippen LogP contribution in [0.25, 0.3) is 0 Å². The zero-order valence-electron chi connectivity index (χ0n) is 14.1. The smallest absolute Gasteiger partial charge is 0.190 e. The van der Waals surface area contributed by atoms with Gasteiger partial charge in [0.1, 0.15) is 0 Å². The fourth-order valence-corrected chi connectivity index (χ4v) is 3.75. The van der Waals surface area contributed by atoms with Crippen molar-refractivity contribution in [3.63, 3.8) is 0 Å². The number of rotatable bonds is 3. The molecule has 0 aliphatic rings. The van der Waals surface area contributed by atoms with Gasteiger partial charge in [-0.1, -0.05) is 42.5 Å². The molecule has 3 rings (SSSR count). The van der Waals surface area contributed by atoms with Crippen LogP contribution in [-0.4, -0.2) is 4.57 Å². The molecule has 0 radical (unpaired) electrons. The highest BCUT2D eigenvalue weighted by atomic mass is 32.1. The van der Waals surface area contributed by atoms with Crippen molar-refractivity contribution in [1.29, 1.82) is 0 Å². The quantitative estimate of drug-likeness (QED) is 0.621. The lowest BCUT2D eigenvalue weighted by atomic mass is 10.1. The molecular formula is C20H22N2S. The molecule has 23 heavy (non-hydrogen) atoms. The lowest BCUT2D eigenvalue weighted by Gasteiger charge is -2.16. The molecule has 3 heteroatoms. The van der Waals surface area contributed by atoms with Gasteiger partial charge in [0.15, 0.2) is 4.80 Å². The van der Waals surface area contributed by atoms with Crippen LogP contribution in [-0.2, 0) is 0 Å². The number of aromatic nitrogens is 1. The van der Waals surface area contributed by atoms with E-state index >= 15 is 0 Å². The summed E-state index contributed by atoms with van der Waals surface area (Å²) < 4.78 is 2.32. The zero-order valence-corrected chi connectivity index (χ0v) is 14.9. The summed E-state index contributed by atoms with van der Waals surface area (Å²) in [6.45, 7) is 8.66. The van der Waals surface area contributed by atoms with Crippen molar-refractivity contribution in [2.75, 3.05) is 0 Å². The van der Waals surface area contributed by atoms with E-state index in [0.29, 0.717) is 0 Å². The third-order valence-electron chi connectivity index (χ3n) is 4.38. The molecule has 3 aromatic rings. The van der Waals surface area contributed by atoms with Crippen LogP contribution in [0.1, 0.15) is 35.3 Å². The van der Waals surface area contributed by atoms with Crippen LogP contribution in [0.3, 0.4) is 0 Å². The van der Waals surface area contributed by atoms with Gasteiger partial charge in [-0.2, -0.15) is 0 Å². The maximum Gasteiger partial charge on any atom is 0.190 e. The first kappa shape index (κ1) is 15.8. The largest absolute Gasteiger partial charge is 0.314 e. The van der Waals surface area contributed by atoms with Crippen LogP contribution < -0.4 is 4.80 Å². The summed E-state index contributed by atoms with van der Waals surface area (Å²) in [6, 6.07) is 17.2. The zero-order chi connectivity index (χ0) is 16.4. The summed E-state index contributed by atoms with van der Waals surface area (Å²) in [5, 5.41) is 2.18. The molecule has 2 aromatic carbocycles. The lowest BCUT2D eigenvalue weighted by molar-refractivity contribution is 0.605. The summed E-state index contributed by atoms with van der Waals surface area (Å²) in [7, 11) is 0. The van der Waals surface area contributed by atoms with Crippen LogP contribution in [0.4, 0.5) is 5.69 Å². The van der Waals surface area contributed by atoms with Crippen molar-refractivity contribution >= 4 is 17.0 Å². The molecule has 118 valence electrons. The van der Waals surface area contributed by atoms with E-state index in [4.69, 9.17) is 4.99 Å². The minimum Gasteiger partial charge on any atom is -0.314 e. The Kier molecular flexibility index (Phi) is 4.49. The second-order valence-corrected chi connectivity index (χ2v) is 6.78. The number of nitrogens with zero attached hydrogens (tertiary/aromatic N) is 2. The van der Waals surface area contributed by atoms with E-state index in [-0.39, 0.29) is 6.04 Å². The molecule has 0 fully saturated rings. The first-order valence-corrected chi connectivity index (χ1v) is 8.78. The Hall–Kier alpha value is -2.13.